The fraction of sp³-hybridized carbons (Fsp3) is 0.407. The lowest BCUT2D eigenvalue weighted by Gasteiger charge is -2.36. The summed E-state index contributed by atoms with van der Waals surface area (Å²) < 4.78 is 0. The number of likely N-dealkylation sites (tertiary alicyclic amines) is 1. The van der Waals surface area contributed by atoms with Gasteiger partial charge in [-0.25, -0.2) is 4.90 Å². The largest absolute Gasteiger partial charge is 0.366 e. The standard InChI is InChI=1S/C27H33N3O2/c1-17-7-9-21(15-19(17)3)24-25(29(6)22-11-13-28(5)14-12-22)27(32)30(26(24)31)23-10-8-18(2)20(4)16-23/h7-10,15-16,22H,11-14H2,1-6H3. The van der Waals surface area contributed by atoms with Gasteiger partial charge in [0.2, 0.25) is 0 Å². The second-order valence-electron chi connectivity index (χ2n) is 9.38. The van der Waals surface area contributed by atoms with E-state index in [1.54, 1.807) is 0 Å². The Balaban J connectivity index is 1.81. The quantitative estimate of drug-likeness (QED) is 0.680. The molecule has 5 nitrogen and oxygen atoms in total. The third kappa shape index (κ3) is 3.86. The molecule has 168 valence electrons. The molecule has 0 spiro atoms. The number of amides is 2. The van der Waals surface area contributed by atoms with Crippen LogP contribution >= 0.6 is 0 Å². The van der Waals surface area contributed by atoms with E-state index in [9.17, 15) is 9.59 Å². The van der Waals surface area contributed by atoms with E-state index in [1.807, 2.05) is 64.2 Å². The van der Waals surface area contributed by atoms with Crippen molar-refractivity contribution in [3.05, 3.63) is 69.9 Å². The smallest absolute Gasteiger partial charge is 0.282 e. The molecule has 0 unspecified atom stereocenters. The van der Waals surface area contributed by atoms with Crippen LogP contribution in [-0.4, -0.2) is 54.8 Å². The fourth-order valence-electron chi connectivity index (χ4n) is 4.67. The van der Waals surface area contributed by atoms with Gasteiger partial charge in [-0.2, -0.15) is 0 Å². The van der Waals surface area contributed by atoms with E-state index >= 15 is 0 Å². The predicted molar refractivity (Wildman–Crippen MR) is 130 cm³/mol. The van der Waals surface area contributed by atoms with Crippen molar-refractivity contribution in [2.75, 3.05) is 32.1 Å². The molecule has 0 atom stereocenters. The highest BCUT2D eigenvalue weighted by Crippen LogP contribution is 2.37. The first kappa shape index (κ1) is 22.3. The maximum atomic E-state index is 13.8. The summed E-state index contributed by atoms with van der Waals surface area (Å²) in [5, 5.41) is 0. The molecule has 32 heavy (non-hydrogen) atoms. The molecule has 5 heteroatoms. The molecule has 2 heterocycles. The molecule has 1 fully saturated rings. The summed E-state index contributed by atoms with van der Waals surface area (Å²) in [6.45, 7) is 10.1. The van der Waals surface area contributed by atoms with Crippen molar-refractivity contribution >= 4 is 23.1 Å². The zero-order valence-corrected chi connectivity index (χ0v) is 20.0. The van der Waals surface area contributed by atoms with Crippen molar-refractivity contribution < 1.29 is 9.59 Å². The van der Waals surface area contributed by atoms with Gasteiger partial charge in [-0.1, -0.05) is 24.3 Å². The van der Waals surface area contributed by atoms with Gasteiger partial charge in [0.25, 0.3) is 11.8 Å². The number of rotatable bonds is 4. The first-order chi connectivity index (χ1) is 15.2. The number of anilines is 1. The Bertz CT molecular complexity index is 1110. The summed E-state index contributed by atoms with van der Waals surface area (Å²) in [7, 11) is 4.10. The van der Waals surface area contributed by atoms with Gasteiger partial charge in [-0.3, -0.25) is 9.59 Å². The molecule has 4 rings (SSSR count). The van der Waals surface area contributed by atoms with Gasteiger partial charge < -0.3 is 9.80 Å². The molecule has 0 aromatic heterocycles. The van der Waals surface area contributed by atoms with Gasteiger partial charge in [-0.15, -0.1) is 0 Å². The maximum Gasteiger partial charge on any atom is 0.282 e. The molecule has 0 saturated carbocycles. The minimum Gasteiger partial charge on any atom is -0.366 e. The number of carbonyl (C=O) groups excluding carboxylic acids is 2. The molecule has 2 aliphatic rings. The number of aryl methyl sites for hydroxylation is 4. The van der Waals surface area contributed by atoms with Crippen molar-refractivity contribution in [2.45, 2.75) is 46.6 Å². The number of likely N-dealkylation sites (N-methyl/N-ethyl adjacent to an activating group) is 1. The number of carbonyl (C=O) groups is 2. The molecule has 2 aliphatic heterocycles. The van der Waals surface area contributed by atoms with Crippen LogP contribution in [0.1, 0.15) is 40.7 Å². The average Bonchev–Trinajstić information content (AvgIpc) is 3.02. The van der Waals surface area contributed by atoms with E-state index in [0.717, 1.165) is 48.2 Å². The van der Waals surface area contributed by atoms with Gasteiger partial charge in [0.15, 0.2) is 0 Å². The van der Waals surface area contributed by atoms with E-state index in [-0.39, 0.29) is 17.9 Å². The van der Waals surface area contributed by atoms with E-state index in [4.69, 9.17) is 0 Å². The molecule has 2 aromatic carbocycles. The Labute approximate surface area is 191 Å². The van der Waals surface area contributed by atoms with Gasteiger partial charge in [0.1, 0.15) is 5.70 Å². The Morgan fingerprint density at radius 2 is 1.41 bits per heavy atom. The van der Waals surface area contributed by atoms with Crippen molar-refractivity contribution in [3.63, 3.8) is 0 Å². The molecular formula is C27H33N3O2. The van der Waals surface area contributed by atoms with E-state index in [0.29, 0.717) is 17.0 Å². The van der Waals surface area contributed by atoms with Gasteiger partial charge in [0, 0.05) is 13.1 Å². The van der Waals surface area contributed by atoms with Crippen LogP contribution < -0.4 is 4.90 Å². The zero-order valence-electron chi connectivity index (χ0n) is 20.0. The van der Waals surface area contributed by atoms with Crippen LogP contribution in [0.3, 0.4) is 0 Å². The number of hydrogen-bond donors (Lipinski definition) is 0. The molecular weight excluding hydrogens is 398 g/mol. The minimum atomic E-state index is -0.240. The summed E-state index contributed by atoms with van der Waals surface area (Å²) in [6.07, 6.45) is 1.95. The van der Waals surface area contributed by atoms with Gasteiger partial charge in [-0.05, 0) is 101 Å². The van der Waals surface area contributed by atoms with Crippen LogP contribution in [0.2, 0.25) is 0 Å². The summed E-state index contributed by atoms with van der Waals surface area (Å²) in [6, 6.07) is 12.0. The molecule has 0 N–H and O–H groups in total. The number of benzene rings is 2. The number of imide groups is 1. The summed E-state index contributed by atoms with van der Waals surface area (Å²) >= 11 is 0. The minimum absolute atomic E-state index is 0.229. The first-order valence-electron chi connectivity index (χ1n) is 11.4. The monoisotopic (exact) mass is 431 g/mol. The van der Waals surface area contributed by atoms with Gasteiger partial charge >= 0.3 is 0 Å². The number of hydrogen-bond acceptors (Lipinski definition) is 4. The maximum absolute atomic E-state index is 13.8. The van der Waals surface area contributed by atoms with Crippen LogP contribution in [-0.2, 0) is 9.59 Å². The highest BCUT2D eigenvalue weighted by Gasteiger charge is 2.43. The van der Waals surface area contributed by atoms with Crippen LogP contribution in [0.25, 0.3) is 5.57 Å². The zero-order chi connectivity index (χ0) is 23.2. The summed E-state index contributed by atoms with van der Waals surface area (Å²) in [5.74, 6) is -0.468. The van der Waals surface area contributed by atoms with Crippen LogP contribution in [0.15, 0.2) is 42.1 Å². The van der Waals surface area contributed by atoms with Crippen LogP contribution in [0, 0.1) is 27.7 Å². The first-order valence-corrected chi connectivity index (χ1v) is 11.4. The lowest BCUT2D eigenvalue weighted by Crippen LogP contribution is -2.43. The van der Waals surface area contributed by atoms with Crippen molar-refractivity contribution in [1.29, 1.82) is 0 Å². The van der Waals surface area contributed by atoms with Crippen molar-refractivity contribution in [1.82, 2.24) is 9.80 Å². The lowest BCUT2D eigenvalue weighted by atomic mass is 9.97. The Morgan fingerprint density at radius 1 is 0.812 bits per heavy atom. The number of piperidine rings is 1. The molecule has 2 amide bonds. The third-order valence-electron chi connectivity index (χ3n) is 7.19. The molecule has 0 radical (unpaired) electrons. The Kier molecular flexibility index (Phi) is 5.95. The normalized spacial score (nSPS) is 18.1. The molecule has 2 aromatic rings. The summed E-state index contributed by atoms with van der Waals surface area (Å²) in [4.78, 5) is 33.3. The Morgan fingerprint density at radius 3 is 2.00 bits per heavy atom. The van der Waals surface area contributed by atoms with Crippen LogP contribution in [0.4, 0.5) is 5.69 Å². The highest BCUT2D eigenvalue weighted by atomic mass is 16.2. The highest BCUT2D eigenvalue weighted by molar-refractivity contribution is 6.45. The lowest BCUT2D eigenvalue weighted by molar-refractivity contribution is -0.120. The molecule has 1 saturated heterocycles. The second kappa shape index (κ2) is 8.55. The average molecular weight is 432 g/mol. The van der Waals surface area contributed by atoms with Crippen LogP contribution in [0.5, 0.6) is 0 Å². The summed E-state index contributed by atoms with van der Waals surface area (Å²) in [5.41, 5.74) is 6.96. The van der Waals surface area contributed by atoms with E-state index in [2.05, 4.69) is 23.8 Å². The SMILES string of the molecule is Cc1ccc(C2=C(N(C)C3CCN(C)CC3)C(=O)N(c3ccc(C)c(C)c3)C2=O)cc1C. The number of nitrogens with zero attached hydrogens (tertiary/aromatic N) is 3. The Hall–Kier alpha value is -2.92. The van der Waals surface area contributed by atoms with Gasteiger partial charge in [0.05, 0.1) is 11.3 Å². The predicted octanol–water partition coefficient (Wildman–Crippen LogP) is 4.23. The molecule has 0 aliphatic carbocycles. The fourth-order valence-corrected chi connectivity index (χ4v) is 4.67. The third-order valence-corrected chi connectivity index (χ3v) is 7.19. The van der Waals surface area contributed by atoms with Crippen molar-refractivity contribution in [3.8, 4) is 0 Å². The van der Waals surface area contributed by atoms with E-state index in [1.165, 1.54) is 10.5 Å². The van der Waals surface area contributed by atoms with Crippen molar-refractivity contribution in [2.24, 2.45) is 0 Å². The topological polar surface area (TPSA) is 43.9 Å². The molecule has 0 bridgehead atoms. The van der Waals surface area contributed by atoms with E-state index < -0.39 is 0 Å². The second-order valence-corrected chi connectivity index (χ2v) is 9.38.